The van der Waals surface area contributed by atoms with E-state index in [1.165, 1.54) is 0 Å². The number of ether oxygens (including phenoxy) is 1. The summed E-state index contributed by atoms with van der Waals surface area (Å²) in [7, 11) is 0. The minimum Gasteiger partial charge on any atom is -0.446 e. The summed E-state index contributed by atoms with van der Waals surface area (Å²) in [5.41, 5.74) is 6.82. The highest BCUT2D eigenvalue weighted by Gasteiger charge is 2.27. The van der Waals surface area contributed by atoms with Gasteiger partial charge in [-0.2, -0.15) is 0 Å². The highest BCUT2D eigenvalue weighted by Crippen LogP contribution is 2.26. The Labute approximate surface area is 107 Å². The summed E-state index contributed by atoms with van der Waals surface area (Å²) >= 11 is 0. The Morgan fingerprint density at radius 1 is 1.72 bits per heavy atom. The van der Waals surface area contributed by atoms with Crippen molar-refractivity contribution in [3.8, 4) is 12.3 Å². The summed E-state index contributed by atoms with van der Waals surface area (Å²) in [4.78, 5) is 11.4. The third kappa shape index (κ3) is 4.06. The SMILES string of the molecule is C#CC1=C(C)[C@@H](O)C[C@@H](OC(=O)NCCCN)C1. The molecule has 5 heteroatoms. The molecular formula is C13H20N2O3. The van der Waals surface area contributed by atoms with Gasteiger partial charge in [0.2, 0.25) is 0 Å². The molecule has 0 saturated carbocycles. The van der Waals surface area contributed by atoms with Gasteiger partial charge in [-0.3, -0.25) is 0 Å². The first-order valence-electron chi connectivity index (χ1n) is 6.07. The van der Waals surface area contributed by atoms with Gasteiger partial charge >= 0.3 is 6.09 Å². The third-order valence-corrected chi connectivity index (χ3v) is 2.99. The summed E-state index contributed by atoms with van der Waals surface area (Å²) < 4.78 is 5.21. The van der Waals surface area contributed by atoms with Crippen molar-refractivity contribution in [2.24, 2.45) is 5.73 Å². The van der Waals surface area contributed by atoms with Gasteiger partial charge in [-0.1, -0.05) is 5.92 Å². The molecule has 0 aromatic carbocycles. The Bertz CT molecular complexity index is 371. The van der Waals surface area contributed by atoms with Crippen molar-refractivity contribution >= 4 is 6.09 Å². The minimum absolute atomic E-state index is 0.368. The molecule has 5 nitrogen and oxygen atoms in total. The lowest BCUT2D eigenvalue weighted by atomic mass is 9.89. The van der Waals surface area contributed by atoms with Gasteiger partial charge in [-0.25, -0.2) is 4.79 Å². The van der Waals surface area contributed by atoms with E-state index in [0.29, 0.717) is 37.9 Å². The number of terminal acetylenes is 1. The molecule has 1 amide bonds. The minimum atomic E-state index is -0.633. The molecule has 0 spiro atoms. The summed E-state index contributed by atoms with van der Waals surface area (Å²) in [5.74, 6) is 2.53. The van der Waals surface area contributed by atoms with E-state index in [2.05, 4.69) is 11.2 Å². The molecule has 0 saturated heterocycles. The number of aliphatic hydroxyl groups excluding tert-OH is 1. The summed E-state index contributed by atoms with van der Waals surface area (Å²) in [5, 5.41) is 12.4. The van der Waals surface area contributed by atoms with Crippen LogP contribution in [0.1, 0.15) is 26.2 Å². The van der Waals surface area contributed by atoms with Crippen LogP contribution in [-0.2, 0) is 4.74 Å². The van der Waals surface area contributed by atoms with Gasteiger partial charge in [-0.15, -0.1) is 6.42 Å². The van der Waals surface area contributed by atoms with Crippen molar-refractivity contribution in [2.75, 3.05) is 13.1 Å². The maximum absolute atomic E-state index is 11.4. The zero-order valence-corrected chi connectivity index (χ0v) is 10.6. The van der Waals surface area contributed by atoms with Crippen LogP contribution in [-0.4, -0.2) is 36.5 Å². The maximum atomic E-state index is 11.4. The van der Waals surface area contributed by atoms with Crippen molar-refractivity contribution < 1.29 is 14.6 Å². The molecule has 0 fully saturated rings. The van der Waals surface area contributed by atoms with E-state index in [0.717, 1.165) is 5.57 Å². The van der Waals surface area contributed by atoms with Crippen LogP contribution in [0.2, 0.25) is 0 Å². The van der Waals surface area contributed by atoms with E-state index >= 15 is 0 Å². The van der Waals surface area contributed by atoms with Gasteiger partial charge < -0.3 is 20.9 Å². The topological polar surface area (TPSA) is 84.6 Å². The molecule has 1 aliphatic rings. The zero-order chi connectivity index (χ0) is 13.5. The van der Waals surface area contributed by atoms with Crippen LogP contribution >= 0.6 is 0 Å². The van der Waals surface area contributed by atoms with Gasteiger partial charge in [-0.05, 0) is 25.5 Å². The second-order valence-electron chi connectivity index (χ2n) is 4.36. The highest BCUT2D eigenvalue weighted by molar-refractivity contribution is 5.67. The molecule has 100 valence electrons. The number of rotatable bonds is 4. The molecule has 0 unspecified atom stereocenters. The molecule has 0 aromatic heterocycles. The molecular weight excluding hydrogens is 232 g/mol. The van der Waals surface area contributed by atoms with Crippen LogP contribution in [0, 0.1) is 12.3 Å². The van der Waals surface area contributed by atoms with Gasteiger partial charge in [0.1, 0.15) is 6.10 Å². The van der Waals surface area contributed by atoms with E-state index < -0.39 is 12.2 Å². The fourth-order valence-corrected chi connectivity index (χ4v) is 1.85. The molecule has 2 atom stereocenters. The molecule has 0 radical (unpaired) electrons. The van der Waals surface area contributed by atoms with Gasteiger partial charge in [0.25, 0.3) is 0 Å². The summed E-state index contributed by atoms with van der Waals surface area (Å²) in [6.07, 6.45) is 5.45. The number of carbonyl (C=O) groups is 1. The molecule has 1 rings (SSSR count). The van der Waals surface area contributed by atoms with Crippen LogP contribution in [0.4, 0.5) is 4.79 Å². The van der Waals surface area contributed by atoms with E-state index in [4.69, 9.17) is 16.9 Å². The molecule has 0 aliphatic heterocycles. The van der Waals surface area contributed by atoms with Crippen molar-refractivity contribution in [1.29, 1.82) is 0 Å². The fourth-order valence-electron chi connectivity index (χ4n) is 1.85. The maximum Gasteiger partial charge on any atom is 0.407 e. The first-order chi connectivity index (χ1) is 8.58. The number of alkyl carbamates (subject to hydrolysis) is 1. The lowest BCUT2D eigenvalue weighted by Crippen LogP contribution is -2.34. The second kappa shape index (κ2) is 7.04. The van der Waals surface area contributed by atoms with Crippen molar-refractivity contribution in [2.45, 2.75) is 38.4 Å². The molecule has 0 aromatic rings. The van der Waals surface area contributed by atoms with E-state index in [1.54, 1.807) is 6.92 Å². The quantitative estimate of drug-likeness (QED) is 0.503. The fraction of sp³-hybridized carbons (Fsp3) is 0.615. The molecule has 1 aliphatic carbocycles. The number of nitrogens with one attached hydrogen (secondary N) is 1. The number of hydrogen-bond acceptors (Lipinski definition) is 4. The average Bonchev–Trinajstić information content (AvgIpc) is 2.34. The zero-order valence-electron chi connectivity index (χ0n) is 10.6. The van der Waals surface area contributed by atoms with E-state index in [1.807, 2.05) is 0 Å². The predicted octanol–water partition coefficient (Wildman–Crippen LogP) is 0.534. The highest BCUT2D eigenvalue weighted by atomic mass is 16.6. The van der Waals surface area contributed by atoms with Gasteiger partial charge in [0.05, 0.1) is 6.10 Å². The van der Waals surface area contributed by atoms with E-state index in [-0.39, 0.29) is 6.10 Å². The van der Waals surface area contributed by atoms with Crippen LogP contribution < -0.4 is 11.1 Å². The van der Waals surface area contributed by atoms with Crippen LogP contribution in [0.25, 0.3) is 0 Å². The monoisotopic (exact) mass is 252 g/mol. The number of hydrogen-bond donors (Lipinski definition) is 3. The Morgan fingerprint density at radius 2 is 2.44 bits per heavy atom. The van der Waals surface area contributed by atoms with Gasteiger partial charge in [0, 0.05) is 25.0 Å². The Kier molecular flexibility index (Phi) is 5.69. The van der Waals surface area contributed by atoms with Gasteiger partial charge in [0.15, 0.2) is 0 Å². The Morgan fingerprint density at radius 3 is 3.06 bits per heavy atom. The standard InChI is InChI=1S/C13H20N2O3/c1-3-10-7-11(8-12(16)9(10)2)18-13(17)15-6-4-5-14/h1,11-12,16H,4-8,14H2,2H3,(H,15,17)/t11-,12-/m0/s1. The molecule has 0 bridgehead atoms. The number of amides is 1. The van der Waals surface area contributed by atoms with Crippen LogP contribution in [0.3, 0.4) is 0 Å². The lowest BCUT2D eigenvalue weighted by Gasteiger charge is -2.27. The third-order valence-electron chi connectivity index (χ3n) is 2.99. The number of nitrogens with two attached hydrogens (primary N) is 1. The van der Waals surface area contributed by atoms with E-state index in [9.17, 15) is 9.90 Å². The predicted molar refractivity (Wildman–Crippen MR) is 68.7 cm³/mol. The number of carbonyl (C=O) groups excluding carboxylic acids is 1. The normalized spacial score (nSPS) is 23.4. The first-order valence-corrected chi connectivity index (χ1v) is 6.07. The Balaban J connectivity index is 2.46. The van der Waals surface area contributed by atoms with Crippen LogP contribution in [0.15, 0.2) is 11.1 Å². The van der Waals surface area contributed by atoms with Crippen molar-refractivity contribution in [3.05, 3.63) is 11.1 Å². The Hall–Kier alpha value is -1.51. The smallest absolute Gasteiger partial charge is 0.407 e. The second-order valence-corrected chi connectivity index (χ2v) is 4.36. The summed E-state index contributed by atoms with van der Waals surface area (Å²) in [6.45, 7) is 2.81. The molecule has 18 heavy (non-hydrogen) atoms. The average molecular weight is 252 g/mol. The van der Waals surface area contributed by atoms with Crippen molar-refractivity contribution in [3.63, 3.8) is 0 Å². The van der Waals surface area contributed by atoms with Crippen LogP contribution in [0.5, 0.6) is 0 Å². The number of aliphatic hydroxyl groups is 1. The lowest BCUT2D eigenvalue weighted by molar-refractivity contribution is 0.0572. The van der Waals surface area contributed by atoms with Crippen molar-refractivity contribution in [1.82, 2.24) is 5.32 Å². The largest absolute Gasteiger partial charge is 0.446 e. The molecule has 0 heterocycles. The molecule has 4 N–H and O–H groups in total. The first kappa shape index (κ1) is 14.6. The summed E-state index contributed by atoms with van der Waals surface area (Å²) in [6, 6.07) is 0.